The number of quaternary nitrogens is 1. The zero-order valence-electron chi connectivity index (χ0n) is 12.2. The molecule has 0 aliphatic rings. The lowest BCUT2D eigenvalue weighted by Gasteiger charge is -2.13. The first-order valence-electron chi connectivity index (χ1n) is 7.04. The van der Waals surface area contributed by atoms with Gasteiger partial charge in [0.05, 0.1) is 19.2 Å². The Kier molecular flexibility index (Phi) is 7.75. The number of hydrogen-bond donors (Lipinski definition) is 1. The number of benzene rings is 1. The Morgan fingerprint density at radius 1 is 1.32 bits per heavy atom. The van der Waals surface area contributed by atoms with E-state index in [1.165, 1.54) is 24.8 Å². The highest BCUT2D eigenvalue weighted by atomic mass is 16.5. The summed E-state index contributed by atoms with van der Waals surface area (Å²) in [4.78, 5) is 0. The largest absolute Gasteiger partial charge is 0.493 e. The van der Waals surface area contributed by atoms with Gasteiger partial charge in [-0.1, -0.05) is 32.1 Å². The van der Waals surface area contributed by atoms with Crippen molar-refractivity contribution in [1.29, 1.82) is 0 Å². The predicted molar refractivity (Wildman–Crippen MR) is 78.7 cm³/mol. The molecule has 0 aromatic heterocycles. The molecule has 1 aromatic rings. The smallest absolute Gasteiger partial charge is 0.170 e. The highest BCUT2D eigenvalue weighted by molar-refractivity contribution is 5.46. The van der Waals surface area contributed by atoms with E-state index in [1.54, 1.807) is 13.2 Å². The van der Waals surface area contributed by atoms with Crippen molar-refractivity contribution in [3.05, 3.63) is 36.4 Å². The van der Waals surface area contributed by atoms with Crippen LogP contribution in [0.15, 0.2) is 30.9 Å². The number of hydrogen-bond acceptors (Lipinski definition) is 2. The molecule has 0 radical (unpaired) electrons. The number of nitrogens with two attached hydrogens (primary N) is 1. The van der Waals surface area contributed by atoms with Gasteiger partial charge >= 0.3 is 0 Å². The summed E-state index contributed by atoms with van der Waals surface area (Å²) in [5, 5.41) is 2.32. The van der Waals surface area contributed by atoms with E-state index in [9.17, 15) is 0 Å². The maximum atomic E-state index is 5.72. The second kappa shape index (κ2) is 9.45. The lowest BCUT2D eigenvalue weighted by molar-refractivity contribution is -0.671. The number of para-hydroxylation sites is 1. The minimum Gasteiger partial charge on any atom is -0.493 e. The summed E-state index contributed by atoms with van der Waals surface area (Å²) < 4.78 is 11.1. The van der Waals surface area contributed by atoms with Crippen molar-refractivity contribution >= 4 is 0 Å². The first-order valence-corrected chi connectivity index (χ1v) is 7.04. The highest BCUT2D eigenvalue weighted by Gasteiger charge is 2.11. The maximum Gasteiger partial charge on any atom is 0.170 e. The van der Waals surface area contributed by atoms with Crippen LogP contribution in [0.1, 0.15) is 31.7 Å². The molecule has 1 rings (SSSR count). The Morgan fingerprint density at radius 3 is 2.84 bits per heavy atom. The van der Waals surface area contributed by atoms with Crippen LogP contribution in [-0.4, -0.2) is 20.3 Å². The Balaban J connectivity index is 2.61. The topological polar surface area (TPSA) is 35.1 Å². The van der Waals surface area contributed by atoms with Gasteiger partial charge in [0, 0.05) is 0 Å². The van der Waals surface area contributed by atoms with Crippen LogP contribution in [0.2, 0.25) is 0 Å². The summed E-state index contributed by atoms with van der Waals surface area (Å²) in [5.74, 6) is 1.64. The minimum absolute atomic E-state index is 0.503. The Bertz CT molecular complexity index is 377. The fourth-order valence-corrected chi connectivity index (χ4v) is 1.99. The van der Waals surface area contributed by atoms with E-state index in [4.69, 9.17) is 9.47 Å². The van der Waals surface area contributed by atoms with Crippen LogP contribution < -0.4 is 14.8 Å². The molecule has 0 heterocycles. The van der Waals surface area contributed by atoms with E-state index < -0.39 is 0 Å². The van der Waals surface area contributed by atoms with Gasteiger partial charge in [0.15, 0.2) is 11.5 Å². The lowest BCUT2D eigenvalue weighted by atomic mass is 10.1. The summed E-state index contributed by atoms with van der Waals surface area (Å²) in [7, 11) is 1.67. The Hall–Kier alpha value is -1.48. The van der Waals surface area contributed by atoms with Gasteiger partial charge in [-0.05, 0) is 25.0 Å². The van der Waals surface area contributed by atoms with Crippen molar-refractivity contribution < 1.29 is 14.8 Å². The van der Waals surface area contributed by atoms with Gasteiger partial charge in [0.2, 0.25) is 0 Å². The fourth-order valence-electron chi connectivity index (χ4n) is 1.99. The zero-order chi connectivity index (χ0) is 13.9. The molecule has 0 bridgehead atoms. The second-order valence-corrected chi connectivity index (χ2v) is 4.54. The van der Waals surface area contributed by atoms with E-state index in [0.29, 0.717) is 6.61 Å². The van der Waals surface area contributed by atoms with Crippen molar-refractivity contribution in [3.63, 3.8) is 0 Å². The molecule has 0 saturated heterocycles. The van der Waals surface area contributed by atoms with Crippen LogP contribution in [0.25, 0.3) is 0 Å². The van der Waals surface area contributed by atoms with Gasteiger partial charge < -0.3 is 14.8 Å². The maximum absolute atomic E-state index is 5.72. The van der Waals surface area contributed by atoms with Gasteiger partial charge in [-0.25, -0.2) is 0 Å². The van der Waals surface area contributed by atoms with Gasteiger partial charge in [0.1, 0.15) is 13.2 Å². The second-order valence-electron chi connectivity index (χ2n) is 4.54. The van der Waals surface area contributed by atoms with E-state index in [0.717, 1.165) is 24.6 Å². The molecule has 2 N–H and O–H groups in total. The molecule has 3 heteroatoms. The Labute approximate surface area is 116 Å². The van der Waals surface area contributed by atoms with Crippen LogP contribution in [0.4, 0.5) is 0 Å². The van der Waals surface area contributed by atoms with Gasteiger partial charge in [-0.3, -0.25) is 0 Å². The van der Waals surface area contributed by atoms with Crippen LogP contribution in [0.5, 0.6) is 11.5 Å². The summed E-state index contributed by atoms with van der Waals surface area (Å²) in [6.45, 7) is 8.49. The van der Waals surface area contributed by atoms with Crippen LogP contribution >= 0.6 is 0 Å². The van der Waals surface area contributed by atoms with E-state index in [2.05, 4.69) is 24.9 Å². The molecule has 0 fully saturated rings. The molecule has 0 aliphatic heterocycles. The van der Waals surface area contributed by atoms with Gasteiger partial charge in [-0.15, -0.1) is 0 Å². The molecule has 0 spiro atoms. The van der Waals surface area contributed by atoms with Crippen LogP contribution in [0.3, 0.4) is 0 Å². The quantitative estimate of drug-likeness (QED) is 0.520. The molecule has 106 valence electrons. The summed E-state index contributed by atoms with van der Waals surface area (Å²) >= 11 is 0. The SMILES string of the molecule is C=CCOc1c(C[NH2+]CCCCC)cccc1OC. The van der Waals surface area contributed by atoms with Crippen molar-refractivity contribution in [2.24, 2.45) is 0 Å². The summed E-state index contributed by atoms with van der Waals surface area (Å²) in [6.07, 6.45) is 5.58. The molecule has 0 aliphatic carbocycles. The number of unbranched alkanes of at least 4 members (excludes halogenated alkanes) is 2. The molecular weight excluding hydrogens is 238 g/mol. The van der Waals surface area contributed by atoms with Crippen LogP contribution in [-0.2, 0) is 6.54 Å². The third-order valence-electron chi connectivity index (χ3n) is 3.00. The highest BCUT2D eigenvalue weighted by Crippen LogP contribution is 2.30. The standard InChI is InChI=1S/C16H25NO2/c1-4-6-7-11-17-13-14-9-8-10-15(18-3)16(14)19-12-5-2/h5,8-10,17H,2,4,6-7,11-13H2,1,3H3/p+1. The third-order valence-corrected chi connectivity index (χ3v) is 3.00. The average Bonchev–Trinajstić information content (AvgIpc) is 2.45. The fraction of sp³-hybridized carbons (Fsp3) is 0.500. The van der Waals surface area contributed by atoms with E-state index in [1.807, 2.05) is 12.1 Å². The Morgan fingerprint density at radius 2 is 2.16 bits per heavy atom. The van der Waals surface area contributed by atoms with Gasteiger partial charge in [0.25, 0.3) is 0 Å². The molecule has 0 amide bonds. The van der Waals surface area contributed by atoms with Gasteiger partial charge in [-0.2, -0.15) is 0 Å². The lowest BCUT2D eigenvalue weighted by Crippen LogP contribution is -2.82. The molecule has 19 heavy (non-hydrogen) atoms. The normalized spacial score (nSPS) is 10.2. The molecule has 0 atom stereocenters. The number of methoxy groups -OCH3 is 1. The molecule has 0 saturated carbocycles. The average molecular weight is 264 g/mol. The molecule has 1 aromatic carbocycles. The summed E-state index contributed by atoms with van der Waals surface area (Å²) in [5.41, 5.74) is 1.18. The summed E-state index contributed by atoms with van der Waals surface area (Å²) in [6, 6.07) is 6.03. The van der Waals surface area contributed by atoms with Crippen molar-refractivity contribution in [3.8, 4) is 11.5 Å². The van der Waals surface area contributed by atoms with Crippen molar-refractivity contribution in [2.45, 2.75) is 32.7 Å². The predicted octanol–water partition coefficient (Wildman–Crippen LogP) is 2.51. The monoisotopic (exact) mass is 264 g/mol. The first-order chi connectivity index (χ1) is 9.33. The van der Waals surface area contributed by atoms with E-state index >= 15 is 0 Å². The van der Waals surface area contributed by atoms with E-state index in [-0.39, 0.29) is 0 Å². The number of rotatable bonds is 10. The zero-order valence-corrected chi connectivity index (χ0v) is 12.2. The number of ether oxygens (including phenoxy) is 2. The van der Waals surface area contributed by atoms with Crippen LogP contribution in [0, 0.1) is 0 Å². The van der Waals surface area contributed by atoms with Crippen molar-refractivity contribution in [2.75, 3.05) is 20.3 Å². The molecule has 3 nitrogen and oxygen atoms in total. The minimum atomic E-state index is 0.503. The third kappa shape index (κ3) is 5.35. The first kappa shape index (κ1) is 15.6. The molecule has 0 unspecified atom stereocenters. The van der Waals surface area contributed by atoms with Crippen molar-refractivity contribution in [1.82, 2.24) is 0 Å². The molecular formula is C16H26NO2+.